The van der Waals surface area contributed by atoms with Crippen LogP contribution in [0.1, 0.15) is 25.1 Å². The minimum atomic E-state index is -1.01. The molecule has 0 heterocycles. The predicted octanol–water partition coefficient (Wildman–Crippen LogP) is 2.85. The number of esters is 1. The molecule has 0 fully saturated rings. The summed E-state index contributed by atoms with van der Waals surface area (Å²) < 4.78 is 20.1. The molecule has 0 saturated carbocycles. The number of aliphatic hydroxyl groups excluding tert-OH is 1. The van der Waals surface area contributed by atoms with Gasteiger partial charge in [-0.2, -0.15) is 0 Å². The van der Waals surface area contributed by atoms with Crippen molar-refractivity contribution in [3.05, 3.63) is 53.3 Å². The van der Waals surface area contributed by atoms with Gasteiger partial charge in [-0.15, -0.1) is 0 Å². The maximum absolute atomic E-state index is 11.3. The fourth-order valence-corrected chi connectivity index (χ4v) is 2.23. The van der Waals surface area contributed by atoms with Gasteiger partial charge in [-0.3, -0.25) is 8.98 Å². The Balaban J connectivity index is 2.79. The molecule has 8 heteroatoms. The lowest BCUT2D eigenvalue weighted by Gasteiger charge is -2.17. The van der Waals surface area contributed by atoms with E-state index in [1.807, 2.05) is 0 Å². The van der Waals surface area contributed by atoms with Gasteiger partial charge >= 0.3 is 5.97 Å². The maximum Gasteiger partial charge on any atom is 0.310 e. The molecule has 1 rings (SSSR count). The second-order valence-electron chi connectivity index (χ2n) is 4.73. The van der Waals surface area contributed by atoms with E-state index in [1.165, 1.54) is 13.2 Å². The molecule has 1 unspecified atom stereocenters. The van der Waals surface area contributed by atoms with Gasteiger partial charge in [0.2, 0.25) is 0 Å². The number of rotatable bonds is 11. The van der Waals surface area contributed by atoms with Gasteiger partial charge in [-0.05, 0) is 12.1 Å². The molecule has 7 nitrogen and oxygen atoms in total. The van der Waals surface area contributed by atoms with Crippen LogP contribution in [0.4, 0.5) is 0 Å². The lowest BCUT2D eigenvalue weighted by molar-refractivity contribution is -0.138. The number of hydrogen-bond donors (Lipinski definition) is 2. The summed E-state index contributed by atoms with van der Waals surface area (Å²) in [6, 6.07) is 6.92. The summed E-state index contributed by atoms with van der Waals surface area (Å²) in [4.78, 5) is 11.3. The zero-order valence-corrected chi connectivity index (χ0v) is 15.3. The van der Waals surface area contributed by atoms with E-state index in [1.54, 1.807) is 38.3 Å². The van der Waals surface area contributed by atoms with Gasteiger partial charge in [-0.1, -0.05) is 25.6 Å². The second kappa shape index (κ2) is 11.5. The van der Waals surface area contributed by atoms with Gasteiger partial charge in [0.25, 0.3) is 0 Å². The van der Waals surface area contributed by atoms with Crippen LogP contribution in [0.25, 0.3) is 0 Å². The largest absolute Gasteiger partial charge is 0.497 e. The Morgan fingerprint density at radius 1 is 1.36 bits per heavy atom. The first kappa shape index (κ1) is 21.0. The predicted molar refractivity (Wildman–Crippen MR) is 95.2 cm³/mol. The molecule has 0 aliphatic heterocycles. The topological polar surface area (TPSA) is 86.2 Å². The van der Waals surface area contributed by atoms with Crippen LogP contribution in [0.3, 0.4) is 0 Å². The van der Waals surface area contributed by atoms with Crippen molar-refractivity contribution >= 4 is 18.0 Å². The minimum absolute atomic E-state index is 0.0452. The standard InChI is InChI=1S/C17H23NO6S/c1-5-16(19)24-12(2)10-15(25-23-11-21-3)18-17(20)13-6-8-14(22-4)9-7-13/h6-10,17-18,20H,2,5,11H2,1,3-4H3/b15-10-. The molecule has 0 bridgehead atoms. The molecule has 2 N–H and O–H groups in total. The van der Waals surface area contributed by atoms with E-state index >= 15 is 0 Å². The van der Waals surface area contributed by atoms with Crippen LogP contribution >= 0.6 is 12.0 Å². The summed E-state index contributed by atoms with van der Waals surface area (Å²) in [5.74, 6) is 0.410. The van der Waals surface area contributed by atoms with Gasteiger partial charge in [0.15, 0.2) is 13.0 Å². The SMILES string of the molecule is C=C(/C=C(/NC(O)c1ccc(OC)cc1)SOCOC)OC(=O)CC. The van der Waals surface area contributed by atoms with E-state index in [0.717, 1.165) is 12.0 Å². The van der Waals surface area contributed by atoms with E-state index in [-0.39, 0.29) is 19.0 Å². The highest BCUT2D eigenvalue weighted by Gasteiger charge is 2.12. The number of hydrogen-bond acceptors (Lipinski definition) is 8. The number of nitrogens with one attached hydrogen (secondary N) is 1. The van der Waals surface area contributed by atoms with Crippen molar-refractivity contribution in [3.63, 3.8) is 0 Å². The third-order valence-corrected chi connectivity index (χ3v) is 3.48. The molecule has 1 aromatic rings. The zero-order valence-electron chi connectivity index (χ0n) is 14.5. The van der Waals surface area contributed by atoms with E-state index in [4.69, 9.17) is 18.4 Å². The van der Waals surface area contributed by atoms with Crippen LogP contribution in [0.5, 0.6) is 5.75 Å². The molecular formula is C17H23NO6S. The Morgan fingerprint density at radius 3 is 2.60 bits per heavy atom. The normalized spacial score (nSPS) is 12.4. The Labute approximate surface area is 151 Å². The Hall–Kier alpha value is -2.00. The lowest BCUT2D eigenvalue weighted by atomic mass is 10.2. The van der Waals surface area contributed by atoms with Gasteiger partial charge in [0.05, 0.1) is 7.11 Å². The van der Waals surface area contributed by atoms with Crippen molar-refractivity contribution in [1.29, 1.82) is 0 Å². The number of allylic oxidation sites excluding steroid dienone is 1. The zero-order chi connectivity index (χ0) is 18.7. The molecule has 0 aliphatic rings. The van der Waals surface area contributed by atoms with E-state index < -0.39 is 12.2 Å². The Morgan fingerprint density at radius 2 is 2.04 bits per heavy atom. The number of benzene rings is 1. The summed E-state index contributed by atoms with van der Waals surface area (Å²) in [6.07, 6.45) is 0.684. The van der Waals surface area contributed by atoms with E-state index in [0.29, 0.717) is 16.3 Å². The van der Waals surface area contributed by atoms with Crippen LogP contribution in [-0.4, -0.2) is 32.1 Å². The van der Waals surface area contributed by atoms with E-state index in [9.17, 15) is 9.90 Å². The molecular weight excluding hydrogens is 346 g/mol. The number of carbonyl (C=O) groups is 1. The quantitative estimate of drug-likeness (QED) is 0.154. The molecule has 0 spiro atoms. The fourth-order valence-electron chi connectivity index (χ4n) is 1.62. The third-order valence-electron chi connectivity index (χ3n) is 2.85. The van der Waals surface area contributed by atoms with Crippen molar-refractivity contribution in [2.75, 3.05) is 21.0 Å². The van der Waals surface area contributed by atoms with Crippen LogP contribution in [0.2, 0.25) is 0 Å². The minimum Gasteiger partial charge on any atom is -0.497 e. The van der Waals surface area contributed by atoms with Crippen molar-refractivity contribution in [3.8, 4) is 5.75 Å². The first-order valence-corrected chi connectivity index (χ1v) is 8.22. The number of methoxy groups -OCH3 is 2. The first-order chi connectivity index (χ1) is 12.0. The Bertz CT molecular complexity index is 587. The van der Waals surface area contributed by atoms with Crippen LogP contribution in [0, 0.1) is 0 Å². The van der Waals surface area contributed by atoms with Gasteiger partial charge < -0.3 is 24.6 Å². The molecule has 0 aromatic heterocycles. The highest BCUT2D eigenvalue weighted by molar-refractivity contribution is 7.98. The van der Waals surface area contributed by atoms with Crippen LogP contribution in [-0.2, 0) is 18.5 Å². The molecule has 0 saturated heterocycles. The van der Waals surface area contributed by atoms with Crippen molar-refractivity contribution in [2.45, 2.75) is 19.6 Å². The molecule has 0 radical (unpaired) electrons. The smallest absolute Gasteiger partial charge is 0.310 e. The van der Waals surface area contributed by atoms with Crippen LogP contribution < -0.4 is 10.1 Å². The summed E-state index contributed by atoms with van der Waals surface area (Å²) in [5.41, 5.74) is 0.621. The van der Waals surface area contributed by atoms with Crippen molar-refractivity contribution in [1.82, 2.24) is 5.32 Å². The van der Waals surface area contributed by atoms with Crippen LogP contribution in [0.15, 0.2) is 47.7 Å². The molecule has 138 valence electrons. The number of aliphatic hydroxyl groups is 1. The number of carbonyl (C=O) groups excluding carboxylic acids is 1. The van der Waals surface area contributed by atoms with Gasteiger partial charge in [0, 0.05) is 37.2 Å². The second-order valence-corrected chi connectivity index (χ2v) is 5.57. The Kier molecular flexibility index (Phi) is 9.71. The molecule has 25 heavy (non-hydrogen) atoms. The summed E-state index contributed by atoms with van der Waals surface area (Å²) in [7, 11) is 3.06. The van der Waals surface area contributed by atoms with Gasteiger partial charge in [-0.25, -0.2) is 0 Å². The van der Waals surface area contributed by atoms with Gasteiger partial charge in [0.1, 0.15) is 16.5 Å². The summed E-state index contributed by atoms with van der Waals surface area (Å²) >= 11 is 0.928. The van der Waals surface area contributed by atoms with E-state index in [2.05, 4.69) is 11.9 Å². The average molecular weight is 369 g/mol. The number of ether oxygens (including phenoxy) is 3. The third kappa shape index (κ3) is 8.08. The average Bonchev–Trinajstić information content (AvgIpc) is 2.61. The first-order valence-electron chi connectivity index (χ1n) is 7.48. The fraction of sp³-hybridized carbons (Fsp3) is 0.353. The molecule has 1 atom stereocenters. The molecule has 0 amide bonds. The highest BCUT2D eigenvalue weighted by atomic mass is 32.2. The summed E-state index contributed by atoms with van der Waals surface area (Å²) in [6.45, 7) is 5.38. The van der Waals surface area contributed by atoms with Crippen molar-refractivity contribution < 1.29 is 28.3 Å². The maximum atomic E-state index is 11.3. The monoisotopic (exact) mass is 369 g/mol. The molecule has 1 aromatic carbocycles. The molecule has 0 aliphatic carbocycles. The lowest BCUT2D eigenvalue weighted by Crippen LogP contribution is -2.19. The highest BCUT2D eigenvalue weighted by Crippen LogP contribution is 2.22. The summed E-state index contributed by atoms with van der Waals surface area (Å²) in [5, 5.41) is 13.6. The van der Waals surface area contributed by atoms with Crippen molar-refractivity contribution in [2.24, 2.45) is 0 Å².